The van der Waals surface area contributed by atoms with Crippen LogP contribution in [0.4, 0.5) is 0 Å². The van der Waals surface area contributed by atoms with Crippen molar-refractivity contribution in [3.63, 3.8) is 0 Å². The number of hydrogen-bond acceptors (Lipinski definition) is 3. The van der Waals surface area contributed by atoms with Crippen molar-refractivity contribution < 1.29 is 4.74 Å². The average Bonchev–Trinajstić information content (AvgIpc) is 2.27. The Morgan fingerprint density at radius 2 is 2.33 bits per heavy atom. The van der Waals surface area contributed by atoms with Gasteiger partial charge in [0.25, 0.3) is 0 Å². The summed E-state index contributed by atoms with van der Waals surface area (Å²) in [4.78, 5) is 4.14. The van der Waals surface area contributed by atoms with Gasteiger partial charge in [0, 0.05) is 12.7 Å². The maximum atomic E-state index is 5.70. The van der Waals surface area contributed by atoms with E-state index in [0.717, 1.165) is 24.1 Å². The number of ether oxygens (including phenoxy) is 1. The van der Waals surface area contributed by atoms with Gasteiger partial charge >= 0.3 is 0 Å². The van der Waals surface area contributed by atoms with Crippen LogP contribution in [-0.4, -0.2) is 11.1 Å². The average molecular weight is 208 g/mol. The molecule has 15 heavy (non-hydrogen) atoms. The predicted molar refractivity (Wildman–Crippen MR) is 61.3 cm³/mol. The Kier molecular flexibility index (Phi) is 5.29. The zero-order valence-electron chi connectivity index (χ0n) is 9.57. The first kappa shape index (κ1) is 12.1. The van der Waals surface area contributed by atoms with Crippen LogP contribution in [0.25, 0.3) is 0 Å². The van der Waals surface area contributed by atoms with Gasteiger partial charge in [-0.05, 0) is 31.0 Å². The highest BCUT2D eigenvalue weighted by atomic mass is 16.5. The van der Waals surface area contributed by atoms with Crippen LogP contribution in [-0.2, 0) is 17.9 Å². The van der Waals surface area contributed by atoms with Crippen LogP contribution in [0.3, 0.4) is 0 Å². The minimum absolute atomic E-state index is 0.324. The van der Waals surface area contributed by atoms with E-state index in [0.29, 0.717) is 19.3 Å². The Labute approximate surface area is 91.7 Å². The fourth-order valence-electron chi connectivity index (χ4n) is 1.46. The summed E-state index contributed by atoms with van der Waals surface area (Å²) in [7, 11) is 0. The highest BCUT2D eigenvalue weighted by Gasteiger charge is 2.01. The van der Waals surface area contributed by atoms with Gasteiger partial charge in [0.1, 0.15) is 0 Å². The number of rotatable bonds is 6. The van der Waals surface area contributed by atoms with Crippen molar-refractivity contribution in [3.8, 4) is 0 Å². The van der Waals surface area contributed by atoms with Gasteiger partial charge in [-0.2, -0.15) is 0 Å². The molecule has 0 radical (unpaired) electrons. The molecule has 3 heteroatoms. The molecule has 0 aliphatic heterocycles. The zero-order chi connectivity index (χ0) is 11.1. The molecule has 1 heterocycles. The molecule has 0 aliphatic carbocycles. The molecule has 3 nitrogen and oxygen atoms in total. The third-order valence-corrected chi connectivity index (χ3v) is 2.32. The first-order valence-corrected chi connectivity index (χ1v) is 5.51. The number of pyridine rings is 1. The van der Waals surface area contributed by atoms with E-state index in [9.17, 15) is 0 Å². The van der Waals surface area contributed by atoms with Crippen LogP contribution in [0.5, 0.6) is 0 Å². The Balaban J connectivity index is 2.43. The summed E-state index contributed by atoms with van der Waals surface area (Å²) in [6.07, 6.45) is 4.37. The zero-order valence-corrected chi connectivity index (χ0v) is 9.57. The van der Waals surface area contributed by atoms with Crippen molar-refractivity contribution in [3.05, 3.63) is 29.6 Å². The summed E-state index contributed by atoms with van der Waals surface area (Å²) in [5.41, 5.74) is 7.58. The maximum Gasteiger partial charge on any atom is 0.0721 e. The quantitative estimate of drug-likeness (QED) is 0.780. The lowest BCUT2D eigenvalue weighted by atomic mass is 10.2. The minimum atomic E-state index is 0.324. The molecule has 0 fully saturated rings. The number of hydrogen-bond donors (Lipinski definition) is 1. The molecule has 0 bridgehead atoms. The first-order valence-electron chi connectivity index (χ1n) is 5.51. The fraction of sp³-hybridized carbons (Fsp3) is 0.583. The SMILES string of the molecule is CCCC(C)OCc1ccnc(CN)c1. The topological polar surface area (TPSA) is 48.1 Å². The van der Waals surface area contributed by atoms with E-state index >= 15 is 0 Å². The Bertz CT molecular complexity index is 289. The molecule has 1 rings (SSSR count). The molecular weight excluding hydrogens is 188 g/mol. The molecule has 0 saturated heterocycles. The summed E-state index contributed by atoms with van der Waals surface area (Å²) in [6, 6.07) is 3.97. The summed E-state index contributed by atoms with van der Waals surface area (Å²) in [5, 5.41) is 0. The second kappa shape index (κ2) is 6.53. The summed E-state index contributed by atoms with van der Waals surface area (Å²) >= 11 is 0. The van der Waals surface area contributed by atoms with Crippen LogP contribution >= 0.6 is 0 Å². The van der Waals surface area contributed by atoms with Gasteiger partial charge in [-0.1, -0.05) is 13.3 Å². The molecule has 1 aromatic heterocycles. The van der Waals surface area contributed by atoms with Gasteiger partial charge in [-0.15, -0.1) is 0 Å². The second-order valence-corrected chi connectivity index (χ2v) is 3.77. The van der Waals surface area contributed by atoms with Crippen molar-refractivity contribution >= 4 is 0 Å². The van der Waals surface area contributed by atoms with Gasteiger partial charge in [0.05, 0.1) is 18.4 Å². The summed E-state index contributed by atoms with van der Waals surface area (Å²) in [5.74, 6) is 0. The Morgan fingerprint density at radius 3 is 3.00 bits per heavy atom. The normalized spacial score (nSPS) is 12.7. The van der Waals surface area contributed by atoms with Crippen molar-refractivity contribution in [1.29, 1.82) is 0 Å². The van der Waals surface area contributed by atoms with E-state index in [1.54, 1.807) is 6.20 Å². The lowest BCUT2D eigenvalue weighted by Gasteiger charge is -2.12. The third-order valence-electron chi connectivity index (χ3n) is 2.32. The summed E-state index contributed by atoms with van der Waals surface area (Å²) in [6.45, 7) is 5.41. The molecule has 0 aromatic carbocycles. The van der Waals surface area contributed by atoms with Gasteiger partial charge in [0.2, 0.25) is 0 Å². The first-order chi connectivity index (χ1) is 7.26. The van der Waals surface area contributed by atoms with Gasteiger partial charge < -0.3 is 10.5 Å². The van der Waals surface area contributed by atoms with Crippen molar-refractivity contribution in [2.75, 3.05) is 0 Å². The highest BCUT2D eigenvalue weighted by molar-refractivity contribution is 5.15. The number of nitrogens with two attached hydrogens (primary N) is 1. The molecule has 0 aliphatic rings. The monoisotopic (exact) mass is 208 g/mol. The Hall–Kier alpha value is -0.930. The van der Waals surface area contributed by atoms with E-state index in [1.807, 2.05) is 12.1 Å². The molecular formula is C12H20N2O. The smallest absolute Gasteiger partial charge is 0.0721 e. The lowest BCUT2D eigenvalue weighted by Crippen LogP contribution is -2.08. The lowest BCUT2D eigenvalue weighted by molar-refractivity contribution is 0.0471. The van der Waals surface area contributed by atoms with E-state index in [-0.39, 0.29) is 0 Å². The van der Waals surface area contributed by atoms with E-state index < -0.39 is 0 Å². The van der Waals surface area contributed by atoms with Crippen LogP contribution in [0.2, 0.25) is 0 Å². The van der Waals surface area contributed by atoms with Crippen molar-refractivity contribution in [2.45, 2.75) is 45.9 Å². The highest BCUT2D eigenvalue weighted by Crippen LogP contribution is 2.07. The Morgan fingerprint density at radius 1 is 1.53 bits per heavy atom. The van der Waals surface area contributed by atoms with Crippen molar-refractivity contribution in [2.24, 2.45) is 5.73 Å². The largest absolute Gasteiger partial charge is 0.374 e. The second-order valence-electron chi connectivity index (χ2n) is 3.77. The van der Waals surface area contributed by atoms with Crippen LogP contribution in [0.15, 0.2) is 18.3 Å². The van der Waals surface area contributed by atoms with Gasteiger partial charge in [-0.3, -0.25) is 4.98 Å². The predicted octanol–water partition coefficient (Wildman–Crippen LogP) is 2.25. The number of nitrogens with zero attached hydrogens (tertiary/aromatic N) is 1. The van der Waals surface area contributed by atoms with Crippen LogP contribution in [0, 0.1) is 0 Å². The molecule has 1 aromatic rings. The van der Waals surface area contributed by atoms with Crippen LogP contribution in [0.1, 0.15) is 37.9 Å². The van der Waals surface area contributed by atoms with Gasteiger partial charge in [-0.25, -0.2) is 0 Å². The van der Waals surface area contributed by atoms with E-state index in [4.69, 9.17) is 10.5 Å². The molecule has 1 unspecified atom stereocenters. The van der Waals surface area contributed by atoms with Gasteiger partial charge in [0.15, 0.2) is 0 Å². The molecule has 1 atom stereocenters. The van der Waals surface area contributed by atoms with Crippen molar-refractivity contribution in [1.82, 2.24) is 4.98 Å². The molecule has 2 N–H and O–H groups in total. The fourth-order valence-corrected chi connectivity index (χ4v) is 1.46. The molecule has 0 saturated carbocycles. The minimum Gasteiger partial charge on any atom is -0.374 e. The number of aromatic nitrogens is 1. The van der Waals surface area contributed by atoms with Crippen LogP contribution < -0.4 is 5.73 Å². The summed E-state index contributed by atoms with van der Waals surface area (Å²) < 4.78 is 5.70. The standard InChI is InChI=1S/C12H20N2O/c1-3-4-10(2)15-9-11-5-6-14-12(7-11)8-13/h5-7,10H,3-4,8-9,13H2,1-2H3. The van der Waals surface area contributed by atoms with E-state index in [1.165, 1.54) is 0 Å². The molecule has 0 amide bonds. The molecule has 0 spiro atoms. The molecule has 84 valence electrons. The third kappa shape index (κ3) is 4.40. The maximum absolute atomic E-state index is 5.70. The van der Waals surface area contributed by atoms with E-state index in [2.05, 4.69) is 18.8 Å².